The molecule has 0 amide bonds. The van der Waals surface area contributed by atoms with Crippen molar-refractivity contribution in [3.8, 4) is 0 Å². The number of rotatable bonds is 3. The first-order chi connectivity index (χ1) is 17.2. The molecule has 3 aromatic heterocycles. The summed E-state index contributed by atoms with van der Waals surface area (Å²) in [6.45, 7) is 3.35. The van der Waals surface area contributed by atoms with Gasteiger partial charge in [0.25, 0.3) is 5.56 Å². The van der Waals surface area contributed by atoms with Crippen LogP contribution in [0.5, 0.6) is 0 Å². The summed E-state index contributed by atoms with van der Waals surface area (Å²) in [7, 11) is 1.72. The molecule has 3 fully saturated rings. The molecule has 1 atom stereocenters. The van der Waals surface area contributed by atoms with E-state index in [1.54, 1.807) is 22.4 Å². The van der Waals surface area contributed by atoms with Gasteiger partial charge in [-0.2, -0.15) is 23.3 Å². The fraction of sp³-hybridized carbons (Fsp3) is 0.565. The zero-order valence-corrected chi connectivity index (χ0v) is 21.8. The Hall–Kier alpha value is -2.42. The van der Waals surface area contributed by atoms with E-state index in [4.69, 9.17) is 9.72 Å². The molecular weight excluding hydrogens is 590 g/mol. The normalized spacial score (nSPS) is 22.0. The molecule has 0 N–H and O–H groups in total. The molecule has 6 rings (SSSR count). The summed E-state index contributed by atoms with van der Waals surface area (Å²) in [5.74, 6) is 0.583. The van der Waals surface area contributed by atoms with Crippen LogP contribution >= 0.6 is 22.6 Å². The molecule has 1 spiro atoms. The van der Waals surface area contributed by atoms with Crippen molar-refractivity contribution in [2.75, 3.05) is 42.6 Å². The minimum absolute atomic E-state index is 0.0600. The summed E-state index contributed by atoms with van der Waals surface area (Å²) in [4.78, 5) is 25.7. The SMILES string of the molecule is Cn1c(N2CCC3(CN(c4ccnc(C(F)(F)F)c4)C3)C2)nc2c(c(I)nn2C2CCCCO2)c1=O. The second-order valence-corrected chi connectivity index (χ2v) is 11.0. The third kappa shape index (κ3) is 3.94. The van der Waals surface area contributed by atoms with Gasteiger partial charge in [0, 0.05) is 57.1 Å². The molecule has 9 nitrogen and oxygen atoms in total. The van der Waals surface area contributed by atoms with Crippen molar-refractivity contribution >= 4 is 45.3 Å². The number of nitrogens with zero attached hydrogens (tertiary/aromatic N) is 7. The first-order valence-corrected chi connectivity index (χ1v) is 13.0. The molecule has 3 saturated heterocycles. The molecule has 6 heterocycles. The number of pyridine rings is 1. The maximum Gasteiger partial charge on any atom is 0.433 e. The number of anilines is 2. The van der Waals surface area contributed by atoms with Crippen molar-refractivity contribution in [2.45, 2.75) is 38.1 Å². The first-order valence-electron chi connectivity index (χ1n) is 11.9. The van der Waals surface area contributed by atoms with Crippen LogP contribution in [0.25, 0.3) is 11.0 Å². The quantitative estimate of drug-likeness (QED) is 0.417. The predicted octanol–water partition coefficient (Wildman–Crippen LogP) is 3.56. The summed E-state index contributed by atoms with van der Waals surface area (Å²) in [6, 6.07) is 2.72. The Morgan fingerprint density at radius 3 is 2.69 bits per heavy atom. The number of hydrogen-bond acceptors (Lipinski definition) is 7. The van der Waals surface area contributed by atoms with Gasteiger partial charge in [-0.3, -0.25) is 14.3 Å². The summed E-state index contributed by atoms with van der Waals surface area (Å²) in [5.41, 5.74) is -0.0182. The van der Waals surface area contributed by atoms with Crippen LogP contribution in [0.15, 0.2) is 23.1 Å². The average Bonchev–Trinajstić information content (AvgIpc) is 3.42. The van der Waals surface area contributed by atoms with Crippen LogP contribution in [-0.2, 0) is 18.0 Å². The maximum atomic E-state index is 13.3. The van der Waals surface area contributed by atoms with Gasteiger partial charge in [0.1, 0.15) is 14.8 Å². The molecular formula is C23H25F3IN7O2. The monoisotopic (exact) mass is 615 g/mol. The largest absolute Gasteiger partial charge is 0.433 e. The second kappa shape index (κ2) is 8.57. The Balaban J connectivity index is 1.25. The molecule has 36 heavy (non-hydrogen) atoms. The van der Waals surface area contributed by atoms with Crippen molar-refractivity contribution in [2.24, 2.45) is 12.5 Å². The van der Waals surface area contributed by atoms with Gasteiger partial charge in [0.05, 0.1) is 0 Å². The van der Waals surface area contributed by atoms with E-state index in [0.717, 1.165) is 38.3 Å². The molecule has 0 radical (unpaired) electrons. The number of alkyl halides is 3. The molecule has 1 unspecified atom stereocenters. The summed E-state index contributed by atoms with van der Waals surface area (Å²) < 4.78 is 49.1. The highest BCUT2D eigenvalue weighted by atomic mass is 127. The van der Waals surface area contributed by atoms with Crippen LogP contribution in [0.2, 0.25) is 0 Å². The number of ether oxygens (including phenoxy) is 1. The molecule has 0 aliphatic carbocycles. The van der Waals surface area contributed by atoms with E-state index >= 15 is 0 Å². The lowest BCUT2D eigenvalue weighted by Crippen LogP contribution is -2.58. The van der Waals surface area contributed by atoms with Crippen LogP contribution in [0.1, 0.15) is 37.6 Å². The van der Waals surface area contributed by atoms with E-state index in [2.05, 4.69) is 37.6 Å². The number of aromatic nitrogens is 5. The van der Waals surface area contributed by atoms with Crippen molar-refractivity contribution in [1.82, 2.24) is 24.3 Å². The number of halogens is 4. The molecule has 3 aromatic rings. The summed E-state index contributed by atoms with van der Waals surface area (Å²) >= 11 is 2.08. The van der Waals surface area contributed by atoms with E-state index in [1.165, 1.54) is 6.20 Å². The van der Waals surface area contributed by atoms with Crippen LogP contribution < -0.4 is 15.4 Å². The van der Waals surface area contributed by atoms with Gasteiger partial charge in [-0.1, -0.05) is 0 Å². The van der Waals surface area contributed by atoms with Crippen molar-refractivity contribution in [1.29, 1.82) is 0 Å². The van der Waals surface area contributed by atoms with Crippen molar-refractivity contribution in [3.63, 3.8) is 0 Å². The Kier molecular flexibility index (Phi) is 5.70. The number of fused-ring (bicyclic) bond motifs is 1. The van der Waals surface area contributed by atoms with E-state index in [1.807, 2.05) is 4.90 Å². The third-order valence-electron chi connectivity index (χ3n) is 7.47. The van der Waals surface area contributed by atoms with E-state index in [-0.39, 0.29) is 17.2 Å². The van der Waals surface area contributed by atoms with Crippen molar-refractivity contribution < 1.29 is 17.9 Å². The fourth-order valence-electron chi connectivity index (χ4n) is 5.60. The van der Waals surface area contributed by atoms with Gasteiger partial charge in [0.15, 0.2) is 11.9 Å². The zero-order chi connectivity index (χ0) is 25.2. The minimum atomic E-state index is -4.47. The van der Waals surface area contributed by atoms with Gasteiger partial charge < -0.3 is 14.5 Å². The van der Waals surface area contributed by atoms with E-state index < -0.39 is 11.9 Å². The molecule has 0 bridgehead atoms. The highest BCUT2D eigenvalue weighted by Crippen LogP contribution is 2.43. The Bertz CT molecular complexity index is 1380. The van der Waals surface area contributed by atoms with Gasteiger partial charge in [0.2, 0.25) is 5.95 Å². The lowest BCUT2D eigenvalue weighted by molar-refractivity contribution is -0.141. The van der Waals surface area contributed by atoms with Crippen LogP contribution in [0.4, 0.5) is 24.8 Å². The molecule has 3 aliphatic heterocycles. The van der Waals surface area contributed by atoms with Crippen LogP contribution in [0.3, 0.4) is 0 Å². The smallest absolute Gasteiger partial charge is 0.370 e. The predicted molar refractivity (Wildman–Crippen MR) is 135 cm³/mol. The molecule has 0 saturated carbocycles. The summed E-state index contributed by atoms with van der Waals surface area (Å²) in [6.07, 6.45) is 0.253. The molecule has 13 heteroatoms. The Morgan fingerprint density at radius 1 is 1.19 bits per heavy atom. The lowest BCUT2D eigenvalue weighted by atomic mass is 9.79. The van der Waals surface area contributed by atoms with Crippen molar-refractivity contribution in [3.05, 3.63) is 38.1 Å². The van der Waals surface area contributed by atoms with Gasteiger partial charge in [-0.15, -0.1) is 0 Å². The van der Waals surface area contributed by atoms with Crippen LogP contribution in [-0.4, -0.2) is 57.1 Å². The standard InChI is InChI=1S/C23H25F3IN7O2/c1-31-20(35)17-18(27)30-34(16-4-2-3-9-36-16)19(17)29-21(31)32-8-6-22(11-32)12-33(13-22)14-5-7-28-15(10-14)23(24,25)26/h5,7,10,16H,2-4,6,8-9,11-13H2,1H3. The maximum absolute atomic E-state index is 13.3. The minimum Gasteiger partial charge on any atom is -0.370 e. The second-order valence-electron chi connectivity index (χ2n) is 9.96. The summed E-state index contributed by atoms with van der Waals surface area (Å²) in [5, 5.41) is 5.10. The molecule has 192 valence electrons. The average molecular weight is 615 g/mol. The first kappa shape index (κ1) is 23.9. The Labute approximate surface area is 218 Å². The zero-order valence-electron chi connectivity index (χ0n) is 19.6. The van der Waals surface area contributed by atoms with Gasteiger partial charge in [-0.25, -0.2) is 4.68 Å². The number of hydrogen-bond donors (Lipinski definition) is 0. The van der Waals surface area contributed by atoms with E-state index in [9.17, 15) is 18.0 Å². The van der Waals surface area contributed by atoms with Gasteiger partial charge >= 0.3 is 6.18 Å². The van der Waals surface area contributed by atoms with E-state index in [0.29, 0.717) is 52.6 Å². The molecule has 0 aromatic carbocycles. The highest BCUT2D eigenvalue weighted by molar-refractivity contribution is 14.1. The Morgan fingerprint density at radius 2 is 1.97 bits per heavy atom. The van der Waals surface area contributed by atoms with Gasteiger partial charge in [-0.05, 0) is 60.4 Å². The third-order valence-corrected chi connectivity index (χ3v) is 8.22. The lowest BCUT2D eigenvalue weighted by Gasteiger charge is -2.49. The van der Waals surface area contributed by atoms with Crippen LogP contribution in [0, 0.1) is 9.12 Å². The molecule has 3 aliphatic rings. The fourth-order valence-corrected chi connectivity index (χ4v) is 6.30. The topological polar surface area (TPSA) is 81.3 Å². The highest BCUT2D eigenvalue weighted by Gasteiger charge is 2.49.